The summed E-state index contributed by atoms with van der Waals surface area (Å²) in [5.41, 5.74) is 2.49. The molecule has 0 spiro atoms. The summed E-state index contributed by atoms with van der Waals surface area (Å²) >= 11 is 0. The normalized spacial score (nSPS) is 15.4. The highest BCUT2D eigenvalue weighted by Gasteiger charge is 2.18. The van der Waals surface area contributed by atoms with Crippen LogP contribution in [0.15, 0.2) is 61.1 Å². The molecule has 0 radical (unpaired) electrons. The van der Waals surface area contributed by atoms with Crippen LogP contribution >= 0.6 is 0 Å². The third-order valence-corrected chi connectivity index (χ3v) is 5.71. The molecular weight excluding hydrogens is 470 g/mol. The van der Waals surface area contributed by atoms with Gasteiger partial charge in [-0.05, 0) is 75.7 Å². The molecular formula is C26H27N9O2. The molecule has 4 aromatic heterocycles. The number of nitrogens with zero attached hydrogens (tertiary/aromatic N) is 6. The van der Waals surface area contributed by atoms with Gasteiger partial charge in [-0.3, -0.25) is 0 Å². The Hall–Kier alpha value is -4.51. The van der Waals surface area contributed by atoms with Gasteiger partial charge < -0.3 is 20.7 Å². The van der Waals surface area contributed by atoms with Crippen molar-refractivity contribution in [3.63, 3.8) is 0 Å². The van der Waals surface area contributed by atoms with E-state index in [-0.39, 0.29) is 11.8 Å². The predicted molar refractivity (Wildman–Crippen MR) is 139 cm³/mol. The van der Waals surface area contributed by atoms with Gasteiger partial charge in [0.25, 0.3) is 0 Å². The molecule has 0 saturated carbocycles. The topological polar surface area (TPSA) is 140 Å². The van der Waals surface area contributed by atoms with Gasteiger partial charge in [0.15, 0.2) is 5.82 Å². The van der Waals surface area contributed by atoms with Gasteiger partial charge in [0.1, 0.15) is 29.1 Å². The van der Waals surface area contributed by atoms with Crippen molar-refractivity contribution in [2.24, 2.45) is 0 Å². The Morgan fingerprint density at radius 3 is 2.62 bits per heavy atom. The van der Waals surface area contributed by atoms with E-state index in [1.165, 1.54) is 0 Å². The van der Waals surface area contributed by atoms with Crippen molar-refractivity contribution < 1.29 is 9.53 Å². The lowest BCUT2D eigenvalue weighted by Gasteiger charge is -2.14. The molecule has 1 aliphatic heterocycles. The fraction of sp³-hybridized carbons (Fsp3) is 0.269. The number of carbonyl (C=O) groups is 1. The summed E-state index contributed by atoms with van der Waals surface area (Å²) in [5.74, 6) is 1.59. The Balaban J connectivity index is 1.22. The van der Waals surface area contributed by atoms with E-state index in [9.17, 15) is 4.79 Å². The van der Waals surface area contributed by atoms with Crippen LogP contribution in [0.5, 0.6) is 0 Å². The summed E-state index contributed by atoms with van der Waals surface area (Å²) in [5, 5.41) is 9.58. The first-order chi connectivity index (χ1) is 18.1. The van der Waals surface area contributed by atoms with Crippen molar-refractivity contribution in [3.05, 3.63) is 72.4 Å². The molecule has 11 nitrogen and oxygen atoms in total. The molecule has 3 N–H and O–H groups in total. The van der Waals surface area contributed by atoms with E-state index in [1.807, 2.05) is 25.1 Å². The number of esters is 1. The lowest BCUT2D eigenvalue weighted by atomic mass is 10.1. The van der Waals surface area contributed by atoms with Crippen LogP contribution in [0.2, 0.25) is 0 Å². The van der Waals surface area contributed by atoms with Crippen molar-refractivity contribution in [2.45, 2.75) is 32.3 Å². The average Bonchev–Trinajstić information content (AvgIpc) is 3.18. The molecule has 5 heterocycles. The van der Waals surface area contributed by atoms with Crippen LogP contribution in [-0.4, -0.2) is 55.1 Å². The summed E-state index contributed by atoms with van der Waals surface area (Å²) in [6, 6.07) is 12.6. The molecule has 11 heteroatoms. The SMILES string of the molecule is Cc1cccc(-c2nccc(Nc3ccnc(Nc4ccc(C(=O)OC5CCCNCC5)nc4)n3)n2)n1. The van der Waals surface area contributed by atoms with Gasteiger partial charge in [0, 0.05) is 18.1 Å². The molecule has 1 aliphatic rings. The molecule has 1 saturated heterocycles. The molecule has 5 rings (SSSR count). The number of rotatable bonds is 7. The quantitative estimate of drug-likeness (QED) is 0.321. The van der Waals surface area contributed by atoms with E-state index in [1.54, 1.807) is 42.9 Å². The molecule has 1 atom stereocenters. The van der Waals surface area contributed by atoms with Gasteiger partial charge >= 0.3 is 5.97 Å². The Kier molecular flexibility index (Phi) is 7.51. The maximum absolute atomic E-state index is 12.5. The number of anilines is 4. The molecule has 0 bridgehead atoms. The summed E-state index contributed by atoms with van der Waals surface area (Å²) in [6.07, 6.45) is 7.43. The van der Waals surface area contributed by atoms with Gasteiger partial charge in [-0.2, -0.15) is 4.98 Å². The highest BCUT2D eigenvalue weighted by Crippen LogP contribution is 2.19. The first-order valence-electron chi connectivity index (χ1n) is 12.1. The van der Waals surface area contributed by atoms with Crippen molar-refractivity contribution in [1.29, 1.82) is 0 Å². The molecule has 188 valence electrons. The third-order valence-electron chi connectivity index (χ3n) is 5.71. The Bertz CT molecular complexity index is 1360. The van der Waals surface area contributed by atoms with Crippen LogP contribution in [0, 0.1) is 6.92 Å². The summed E-state index contributed by atoms with van der Waals surface area (Å²) in [6.45, 7) is 3.73. The standard InChI is InChI=1S/C26H27N9O2/c1-17-4-2-6-20(31-17)24-28-14-10-22(34-24)33-23-11-15-29-26(35-23)32-18-7-8-21(30-16-18)25(36)37-19-5-3-12-27-13-9-19/h2,4,6-8,10-11,14-16,19,27H,3,5,9,12-13H2,1H3,(H2,28,29,32,33,34,35). The van der Waals surface area contributed by atoms with Gasteiger partial charge in [-0.1, -0.05) is 6.07 Å². The molecule has 1 fully saturated rings. The van der Waals surface area contributed by atoms with Crippen LogP contribution in [-0.2, 0) is 4.74 Å². The van der Waals surface area contributed by atoms with Gasteiger partial charge in [0.05, 0.1) is 11.9 Å². The van der Waals surface area contributed by atoms with E-state index < -0.39 is 5.97 Å². The fourth-order valence-electron chi connectivity index (χ4n) is 3.87. The van der Waals surface area contributed by atoms with E-state index in [4.69, 9.17) is 4.74 Å². The maximum atomic E-state index is 12.5. The largest absolute Gasteiger partial charge is 0.458 e. The number of aryl methyl sites for hydroxylation is 1. The molecule has 0 aliphatic carbocycles. The molecule has 0 amide bonds. The van der Waals surface area contributed by atoms with Crippen LogP contribution < -0.4 is 16.0 Å². The molecule has 4 aromatic rings. The number of pyridine rings is 2. The minimum Gasteiger partial charge on any atom is -0.458 e. The van der Waals surface area contributed by atoms with Crippen LogP contribution in [0.3, 0.4) is 0 Å². The molecule has 1 unspecified atom stereocenters. The van der Waals surface area contributed by atoms with E-state index in [2.05, 4.69) is 45.9 Å². The zero-order chi connectivity index (χ0) is 25.5. The van der Waals surface area contributed by atoms with Gasteiger partial charge in [0.2, 0.25) is 5.95 Å². The van der Waals surface area contributed by atoms with Crippen LogP contribution in [0.4, 0.5) is 23.3 Å². The predicted octanol–water partition coefficient (Wildman–Crippen LogP) is 3.82. The number of carbonyl (C=O) groups excluding carboxylic acids is 1. The number of aromatic nitrogens is 6. The number of hydrogen-bond donors (Lipinski definition) is 3. The second kappa shape index (κ2) is 11.5. The maximum Gasteiger partial charge on any atom is 0.357 e. The highest BCUT2D eigenvalue weighted by molar-refractivity contribution is 5.87. The Morgan fingerprint density at radius 2 is 1.78 bits per heavy atom. The second-order valence-electron chi connectivity index (χ2n) is 8.59. The first-order valence-corrected chi connectivity index (χ1v) is 12.1. The minimum atomic E-state index is -0.411. The fourth-order valence-corrected chi connectivity index (χ4v) is 3.87. The monoisotopic (exact) mass is 497 g/mol. The van der Waals surface area contributed by atoms with E-state index in [0.717, 1.165) is 38.0 Å². The van der Waals surface area contributed by atoms with Crippen molar-refractivity contribution in [3.8, 4) is 11.5 Å². The van der Waals surface area contributed by atoms with Crippen LogP contribution in [0.25, 0.3) is 11.5 Å². The number of nitrogens with one attached hydrogen (secondary N) is 3. The molecule has 37 heavy (non-hydrogen) atoms. The summed E-state index contributed by atoms with van der Waals surface area (Å²) < 4.78 is 5.62. The van der Waals surface area contributed by atoms with Crippen molar-refractivity contribution in [1.82, 2.24) is 35.2 Å². The highest BCUT2D eigenvalue weighted by atomic mass is 16.5. The van der Waals surface area contributed by atoms with Gasteiger partial charge in [-0.15, -0.1) is 0 Å². The Labute approximate surface area is 214 Å². The number of hydrogen-bond acceptors (Lipinski definition) is 11. The minimum absolute atomic E-state index is 0.0789. The summed E-state index contributed by atoms with van der Waals surface area (Å²) in [4.78, 5) is 38.8. The smallest absolute Gasteiger partial charge is 0.357 e. The summed E-state index contributed by atoms with van der Waals surface area (Å²) in [7, 11) is 0. The second-order valence-corrected chi connectivity index (χ2v) is 8.59. The van der Waals surface area contributed by atoms with Crippen molar-refractivity contribution in [2.75, 3.05) is 23.7 Å². The zero-order valence-electron chi connectivity index (χ0n) is 20.4. The lowest BCUT2D eigenvalue weighted by Crippen LogP contribution is -2.21. The first kappa shape index (κ1) is 24.2. The van der Waals surface area contributed by atoms with Gasteiger partial charge in [-0.25, -0.2) is 29.7 Å². The Morgan fingerprint density at radius 1 is 0.919 bits per heavy atom. The third kappa shape index (κ3) is 6.58. The zero-order valence-corrected chi connectivity index (χ0v) is 20.4. The number of ether oxygens (including phenoxy) is 1. The lowest BCUT2D eigenvalue weighted by molar-refractivity contribution is 0.0268. The molecule has 0 aromatic carbocycles. The van der Waals surface area contributed by atoms with Crippen molar-refractivity contribution >= 4 is 29.2 Å². The van der Waals surface area contributed by atoms with E-state index >= 15 is 0 Å². The average molecular weight is 498 g/mol. The van der Waals surface area contributed by atoms with Crippen LogP contribution in [0.1, 0.15) is 35.4 Å². The van der Waals surface area contributed by atoms with E-state index in [0.29, 0.717) is 34.8 Å².